The molecule has 1 amide bonds. The minimum Gasteiger partial charge on any atom is -0.456 e. The van der Waals surface area contributed by atoms with Gasteiger partial charge in [0.2, 0.25) is 6.41 Å². The summed E-state index contributed by atoms with van der Waals surface area (Å²) < 4.78 is 6.60. The number of rotatable bonds is 9. The van der Waals surface area contributed by atoms with Crippen molar-refractivity contribution in [2.45, 2.75) is 40.2 Å². The van der Waals surface area contributed by atoms with E-state index in [1.165, 1.54) is 0 Å². The van der Waals surface area contributed by atoms with Crippen LogP contribution in [0, 0.1) is 20.8 Å². The number of ether oxygens (including phenoxy) is 1. The maximum atomic E-state index is 12.8. The second-order valence-corrected chi connectivity index (χ2v) is 9.10. The maximum absolute atomic E-state index is 12.8. The summed E-state index contributed by atoms with van der Waals surface area (Å²) in [5, 5.41) is 6.88. The molecule has 1 heterocycles. The summed E-state index contributed by atoms with van der Waals surface area (Å²) in [5.74, 6) is 1.47. The molecule has 0 saturated heterocycles. The lowest BCUT2D eigenvalue weighted by atomic mass is 9.71. The minimum absolute atomic E-state index is 0.348. The van der Waals surface area contributed by atoms with Crippen LogP contribution in [-0.2, 0) is 10.3 Å². The zero-order valence-corrected chi connectivity index (χ0v) is 21.4. The highest BCUT2D eigenvalue weighted by molar-refractivity contribution is 5.74. The Morgan fingerprint density at radius 2 is 1.40 bits per heavy atom. The summed E-state index contributed by atoms with van der Waals surface area (Å²) in [6.07, 6.45) is 0.930. The van der Waals surface area contributed by atoms with Crippen LogP contribution in [0.4, 0.5) is 11.4 Å². The molecule has 0 atom stereocenters. The molecule has 0 aromatic heterocycles. The highest BCUT2D eigenvalue weighted by atomic mass is 16.5. The van der Waals surface area contributed by atoms with E-state index in [1.807, 2.05) is 17.0 Å². The van der Waals surface area contributed by atoms with Crippen LogP contribution in [0.1, 0.15) is 47.2 Å². The topological polar surface area (TPSA) is 79.6 Å². The van der Waals surface area contributed by atoms with E-state index in [9.17, 15) is 4.79 Å². The third-order valence-electron chi connectivity index (χ3n) is 6.85. The molecule has 0 spiro atoms. The highest BCUT2D eigenvalue weighted by Gasteiger charge is 2.49. The predicted molar refractivity (Wildman–Crippen MR) is 144 cm³/mol. The van der Waals surface area contributed by atoms with Crippen LogP contribution in [0.5, 0.6) is 11.5 Å². The van der Waals surface area contributed by atoms with E-state index in [-0.39, 0.29) is 0 Å². The van der Waals surface area contributed by atoms with Crippen molar-refractivity contribution in [3.63, 3.8) is 0 Å². The fraction of sp³-hybridized carbons (Fsp3) is 0.345. The van der Waals surface area contributed by atoms with Crippen LogP contribution in [0.25, 0.3) is 0 Å². The van der Waals surface area contributed by atoms with Gasteiger partial charge in [-0.2, -0.15) is 0 Å². The molecule has 0 fully saturated rings. The molecule has 184 valence electrons. The monoisotopic (exact) mass is 472 g/mol. The van der Waals surface area contributed by atoms with Gasteiger partial charge in [-0.05, 0) is 69.0 Å². The molecule has 6 heteroatoms. The van der Waals surface area contributed by atoms with Crippen LogP contribution < -0.4 is 21.1 Å². The number of hydrogen-bond donors (Lipinski definition) is 3. The van der Waals surface area contributed by atoms with Crippen molar-refractivity contribution in [1.29, 1.82) is 0 Å². The van der Waals surface area contributed by atoms with Gasteiger partial charge in [0.25, 0.3) is 0 Å². The van der Waals surface area contributed by atoms with Crippen molar-refractivity contribution in [1.82, 2.24) is 4.90 Å². The summed E-state index contributed by atoms with van der Waals surface area (Å²) in [6, 6.07) is 16.7. The zero-order chi connectivity index (χ0) is 25.2. The first kappa shape index (κ1) is 24.6. The van der Waals surface area contributed by atoms with Gasteiger partial charge in [0.1, 0.15) is 17.0 Å². The van der Waals surface area contributed by atoms with Crippen molar-refractivity contribution < 1.29 is 9.53 Å². The Morgan fingerprint density at radius 1 is 0.857 bits per heavy atom. The molecule has 0 unspecified atom stereocenters. The Bertz CT molecular complexity index is 1180. The molecule has 1 aliphatic heterocycles. The lowest BCUT2D eigenvalue weighted by Gasteiger charge is -2.48. The third kappa shape index (κ3) is 4.02. The second kappa shape index (κ2) is 10.0. The van der Waals surface area contributed by atoms with E-state index in [0.29, 0.717) is 13.1 Å². The van der Waals surface area contributed by atoms with Crippen molar-refractivity contribution in [3.8, 4) is 11.5 Å². The number of nitrogens with zero attached hydrogens (tertiary/aromatic N) is 1. The van der Waals surface area contributed by atoms with Crippen molar-refractivity contribution in [2.75, 3.05) is 36.8 Å². The fourth-order valence-electron chi connectivity index (χ4n) is 5.31. The van der Waals surface area contributed by atoms with Crippen LogP contribution in [0.2, 0.25) is 0 Å². The molecule has 3 aromatic carbocycles. The van der Waals surface area contributed by atoms with Gasteiger partial charge < -0.3 is 26.0 Å². The average Bonchev–Trinajstić information content (AvgIpc) is 2.84. The quantitative estimate of drug-likeness (QED) is 0.369. The molecule has 6 nitrogen and oxygen atoms in total. The van der Waals surface area contributed by atoms with Gasteiger partial charge in [-0.25, -0.2) is 0 Å². The Morgan fingerprint density at radius 3 is 1.86 bits per heavy atom. The summed E-state index contributed by atoms with van der Waals surface area (Å²) in [7, 11) is 0. The number of carbonyl (C=O) groups is 1. The van der Waals surface area contributed by atoms with Crippen LogP contribution >= 0.6 is 0 Å². The summed E-state index contributed by atoms with van der Waals surface area (Å²) in [6.45, 7) is 12.8. The van der Waals surface area contributed by atoms with Gasteiger partial charge in [0, 0.05) is 60.8 Å². The van der Waals surface area contributed by atoms with Crippen LogP contribution in [-0.4, -0.2) is 37.5 Å². The van der Waals surface area contributed by atoms with Crippen molar-refractivity contribution in [3.05, 3.63) is 81.9 Å². The molecule has 0 saturated carbocycles. The van der Waals surface area contributed by atoms with Gasteiger partial charge in [0.05, 0.1) is 0 Å². The zero-order valence-electron chi connectivity index (χ0n) is 21.4. The Labute approximate surface area is 208 Å². The number of fused-ring (bicyclic) bond motifs is 2. The molecule has 35 heavy (non-hydrogen) atoms. The highest BCUT2D eigenvalue weighted by Crippen LogP contribution is 2.55. The minimum atomic E-state index is -0.889. The van der Waals surface area contributed by atoms with E-state index in [1.54, 1.807) is 0 Å². The molecule has 1 aliphatic rings. The fourth-order valence-corrected chi connectivity index (χ4v) is 5.31. The number of nitrogens with two attached hydrogens (primary N) is 1. The SMILES string of the molecule is CCNc1cc2c(cc1C)C(c1ccccc1C)(N(C=O)CCN)c1cc(C)c(NCC)cc1O2. The van der Waals surface area contributed by atoms with E-state index in [2.05, 4.69) is 81.7 Å². The number of hydrogen-bond acceptors (Lipinski definition) is 5. The van der Waals surface area contributed by atoms with Gasteiger partial charge in [0.15, 0.2) is 0 Å². The molecular formula is C29H36N4O2. The Balaban J connectivity index is 2.17. The van der Waals surface area contributed by atoms with E-state index in [0.717, 1.165) is 75.8 Å². The molecular weight excluding hydrogens is 436 g/mol. The molecule has 0 aliphatic carbocycles. The average molecular weight is 473 g/mol. The van der Waals surface area contributed by atoms with Crippen LogP contribution in [0.3, 0.4) is 0 Å². The first-order chi connectivity index (χ1) is 16.9. The molecule has 3 aromatic rings. The first-order valence-corrected chi connectivity index (χ1v) is 12.4. The number of anilines is 2. The largest absolute Gasteiger partial charge is 0.456 e. The number of carbonyl (C=O) groups excluding carboxylic acids is 1. The summed E-state index contributed by atoms with van der Waals surface area (Å²) in [4.78, 5) is 14.7. The molecule has 0 radical (unpaired) electrons. The summed E-state index contributed by atoms with van der Waals surface area (Å²) >= 11 is 0. The lowest BCUT2D eigenvalue weighted by Crippen LogP contribution is -2.51. The number of benzene rings is 3. The van der Waals surface area contributed by atoms with E-state index >= 15 is 0 Å². The van der Waals surface area contributed by atoms with Crippen molar-refractivity contribution >= 4 is 17.8 Å². The van der Waals surface area contributed by atoms with Crippen LogP contribution in [0.15, 0.2) is 48.5 Å². The normalized spacial score (nSPS) is 13.3. The molecule has 0 bridgehead atoms. The molecule has 4 N–H and O–H groups in total. The van der Waals surface area contributed by atoms with Crippen molar-refractivity contribution in [2.24, 2.45) is 5.73 Å². The van der Waals surface area contributed by atoms with Gasteiger partial charge in [-0.15, -0.1) is 0 Å². The lowest BCUT2D eigenvalue weighted by molar-refractivity contribution is -0.121. The Hall–Kier alpha value is -3.51. The number of nitrogens with one attached hydrogen (secondary N) is 2. The maximum Gasteiger partial charge on any atom is 0.211 e. The Kier molecular flexibility index (Phi) is 7.03. The predicted octanol–water partition coefficient (Wildman–Crippen LogP) is 5.29. The van der Waals surface area contributed by atoms with Gasteiger partial charge in [-0.1, -0.05) is 24.3 Å². The number of aryl methyl sites for hydroxylation is 3. The van der Waals surface area contributed by atoms with E-state index < -0.39 is 5.54 Å². The van der Waals surface area contributed by atoms with E-state index in [4.69, 9.17) is 10.5 Å². The first-order valence-electron chi connectivity index (χ1n) is 12.4. The second-order valence-electron chi connectivity index (χ2n) is 9.10. The number of amides is 1. The third-order valence-corrected chi connectivity index (χ3v) is 6.85. The molecule has 4 rings (SSSR count). The standard InChI is InChI=1S/C29H36N4O2/c1-6-31-25-16-27-23(14-20(25)4)29(33(18-34)13-12-30,22-11-9-8-10-19(22)3)24-15-21(5)26(32-7-2)17-28(24)35-27/h8-11,14-18,31-32H,6-7,12-13,30H2,1-5H3. The summed E-state index contributed by atoms with van der Waals surface area (Å²) in [5.41, 5.74) is 13.4. The van der Waals surface area contributed by atoms with Gasteiger partial charge in [-0.3, -0.25) is 4.79 Å². The smallest absolute Gasteiger partial charge is 0.211 e. The van der Waals surface area contributed by atoms with Gasteiger partial charge >= 0.3 is 0 Å².